The van der Waals surface area contributed by atoms with Crippen LogP contribution in [-0.4, -0.2) is 198 Å². The molecule has 0 aliphatic carbocycles. The lowest BCUT2D eigenvalue weighted by Crippen LogP contribution is -2.61. The van der Waals surface area contributed by atoms with Gasteiger partial charge in [-0.2, -0.15) is 0 Å². The molecule has 0 spiro atoms. The molecule has 584 valence electrons. The minimum atomic E-state index is -1.83. The molecule has 24 N–H and O–H groups in total. The van der Waals surface area contributed by atoms with E-state index in [4.69, 9.17) is 28.7 Å². The Kier molecular flexibility index (Phi) is 43.3. The molecule has 15 amide bonds. The molecule has 0 bridgehead atoms. The summed E-state index contributed by atoms with van der Waals surface area (Å²) < 4.78 is 0. The van der Waals surface area contributed by atoms with Gasteiger partial charge in [-0.05, 0) is 121 Å². The van der Waals surface area contributed by atoms with E-state index in [1.165, 1.54) is 13.8 Å². The van der Waals surface area contributed by atoms with Gasteiger partial charge in [0, 0.05) is 32.9 Å². The first kappa shape index (κ1) is 91.8. The van der Waals surface area contributed by atoms with Crippen LogP contribution in [0.15, 0.2) is 4.99 Å². The van der Waals surface area contributed by atoms with Gasteiger partial charge in [-0.15, -0.1) is 0 Å². The van der Waals surface area contributed by atoms with Gasteiger partial charge in [0.15, 0.2) is 5.96 Å². The molecule has 1 fully saturated rings. The Morgan fingerprint density at radius 2 is 1.08 bits per heavy atom. The minimum Gasteiger partial charge on any atom is -0.481 e. The molecule has 36 heteroatoms. The number of carboxylic acid groups (broad SMARTS) is 1. The summed E-state index contributed by atoms with van der Waals surface area (Å²) in [6.07, 6.45) is 0.0426. The average Bonchev–Trinajstić information content (AvgIpc) is 0.851. The van der Waals surface area contributed by atoms with Crippen molar-refractivity contribution in [2.75, 3.05) is 19.6 Å². The molecular weight excluding hydrogens is 1340 g/mol. The zero-order valence-electron chi connectivity index (χ0n) is 61.8. The summed E-state index contributed by atoms with van der Waals surface area (Å²) >= 11 is 0. The fourth-order valence-corrected chi connectivity index (χ4v) is 10.9. The van der Waals surface area contributed by atoms with Crippen molar-refractivity contribution in [3.8, 4) is 0 Å². The molecule has 1 aliphatic heterocycles. The van der Waals surface area contributed by atoms with Crippen LogP contribution in [0.3, 0.4) is 0 Å². The standard InChI is InChI=1S/C67H119N19O17/c1-12-15-21-41(58(95)81-46(26-28-52(90)91)62(99)86-54(38(9)14-3)66(103)85-53(55(70)92)37(8)13-2)78-64(101)48(33-36(6)7)83-60(97)42(22-16-18-29-68)77-59(96)44(24-20-31-74-67(71)72)80-65(102)49(34-50(69)88)84-61(98)43-23-17-19-30-73-51(89)27-25-45(76-40(11)87)57(94)75-39(10)56(93)82-47(32-35(4)5)63(100)79-43/h35-39,41-49,53-54H,12-34,68H2,1-11H3,(H2,69,88)(H2,70,92)(H,73,89)(H,75,94)(H,76,87)(H,77,96)(H,78,101)(H,79,100)(H,80,102)(H,81,95)(H,82,93)(H,83,97)(H,84,98)(H,85,103)(H,86,99)(H,90,91)(H4,71,72,74)/t37-,38-,39-,41-,42-,43-,44?,45-,46-,47-,48-,49-,53-,54-/m0/s1. The largest absolute Gasteiger partial charge is 0.481 e. The Bertz CT molecular complexity index is 2890. The van der Waals surface area contributed by atoms with Crippen molar-refractivity contribution < 1.29 is 81.8 Å². The number of aliphatic imine (C=N–C) groups is 1. The molecule has 103 heavy (non-hydrogen) atoms. The number of nitrogens with two attached hydrogens (primary N) is 5. The van der Waals surface area contributed by atoms with E-state index in [0.29, 0.717) is 32.1 Å². The maximum atomic E-state index is 14.7. The number of rotatable bonds is 42. The van der Waals surface area contributed by atoms with Crippen LogP contribution in [0.25, 0.3) is 0 Å². The van der Waals surface area contributed by atoms with E-state index in [9.17, 15) is 81.8 Å². The predicted octanol–water partition coefficient (Wildman–Crippen LogP) is -3.29. The van der Waals surface area contributed by atoms with Crippen molar-refractivity contribution in [3.05, 3.63) is 0 Å². The summed E-state index contributed by atoms with van der Waals surface area (Å²) in [5.74, 6) is -15.8. The summed E-state index contributed by atoms with van der Waals surface area (Å²) in [6.45, 7) is 18.5. The van der Waals surface area contributed by atoms with Crippen LogP contribution in [0.5, 0.6) is 0 Å². The Labute approximate surface area is 603 Å². The zero-order chi connectivity index (χ0) is 78.2. The Morgan fingerprint density at radius 3 is 1.58 bits per heavy atom. The van der Waals surface area contributed by atoms with Crippen LogP contribution >= 0.6 is 0 Å². The van der Waals surface area contributed by atoms with Gasteiger partial charge < -0.3 is 103 Å². The SMILES string of the molecule is CCCC[C@H](NC(=O)[C@H](CC(C)C)NC(=O)[C@H](CCCCN)NC(=O)C(CCCN=C(N)N)NC(=O)[C@H](CC(N)=O)NC(=O)[C@@H]1CCCCNC(=O)CC[C@H](NC(C)=O)C(=O)N[C@@H](C)C(=O)N[C@@H](CC(C)C)C(=O)N1)C(=O)N[C@@H](CCC(=O)O)C(=O)N[C@H](C(=O)N[C@H](C(N)=O)[C@@H](C)CC)[C@@H](C)CC. The molecule has 1 saturated heterocycles. The first-order chi connectivity index (χ1) is 48.4. The monoisotopic (exact) mass is 1460 g/mol. The van der Waals surface area contributed by atoms with Gasteiger partial charge in [0.2, 0.25) is 88.6 Å². The number of carboxylic acids is 1. The third-order valence-corrected chi connectivity index (χ3v) is 17.2. The normalized spacial score (nSPS) is 19.2. The van der Waals surface area contributed by atoms with Gasteiger partial charge in [-0.3, -0.25) is 81.7 Å². The van der Waals surface area contributed by atoms with Crippen LogP contribution in [0, 0.1) is 23.7 Å². The second-order valence-corrected chi connectivity index (χ2v) is 27.2. The molecule has 0 saturated carbocycles. The highest BCUT2D eigenvalue weighted by molar-refractivity contribution is 6.00. The van der Waals surface area contributed by atoms with Crippen molar-refractivity contribution in [2.45, 2.75) is 277 Å². The summed E-state index contributed by atoms with van der Waals surface area (Å²) in [7, 11) is 0. The quantitative estimate of drug-likeness (QED) is 0.0162. The fourth-order valence-electron chi connectivity index (χ4n) is 10.9. The number of hydrogen-bond donors (Lipinski definition) is 19. The Morgan fingerprint density at radius 1 is 0.563 bits per heavy atom. The third-order valence-electron chi connectivity index (χ3n) is 17.2. The first-order valence-electron chi connectivity index (χ1n) is 35.8. The highest BCUT2D eigenvalue weighted by Gasteiger charge is 2.38. The molecule has 1 heterocycles. The summed E-state index contributed by atoms with van der Waals surface area (Å²) in [4.78, 5) is 222. The maximum Gasteiger partial charge on any atom is 0.303 e. The van der Waals surface area contributed by atoms with E-state index in [0.717, 1.165) is 0 Å². The number of nitrogens with one attached hydrogen (secondary N) is 13. The number of primary amides is 2. The molecule has 1 aliphatic rings. The van der Waals surface area contributed by atoms with Crippen LogP contribution < -0.4 is 97.8 Å². The number of carbonyl (C=O) groups is 16. The molecule has 0 aromatic rings. The minimum absolute atomic E-state index is 0.00268. The first-order valence-corrected chi connectivity index (χ1v) is 35.8. The van der Waals surface area contributed by atoms with E-state index in [1.807, 2.05) is 6.92 Å². The van der Waals surface area contributed by atoms with E-state index in [2.05, 4.69) is 74.1 Å². The lowest BCUT2D eigenvalue weighted by molar-refractivity contribution is -0.139. The maximum absolute atomic E-state index is 14.7. The van der Waals surface area contributed by atoms with Gasteiger partial charge in [-0.25, -0.2) is 0 Å². The second kappa shape index (κ2) is 48.6. The molecule has 1 rings (SSSR count). The molecule has 1 unspecified atom stereocenters. The second-order valence-electron chi connectivity index (χ2n) is 27.2. The lowest BCUT2D eigenvalue weighted by Gasteiger charge is -2.30. The smallest absolute Gasteiger partial charge is 0.303 e. The van der Waals surface area contributed by atoms with Crippen LogP contribution in [0.2, 0.25) is 0 Å². The highest BCUT2D eigenvalue weighted by Crippen LogP contribution is 2.17. The Hall–Kier alpha value is -9.25. The number of guanidine groups is 1. The summed E-state index contributed by atoms with van der Waals surface area (Å²) in [5, 5.41) is 43.5. The van der Waals surface area contributed by atoms with Crippen LogP contribution in [-0.2, 0) is 76.7 Å². The topological polar surface area (TPSA) is 592 Å². The molecule has 0 radical (unpaired) electrons. The number of nitrogens with zero attached hydrogens (tertiary/aromatic N) is 1. The van der Waals surface area contributed by atoms with Crippen molar-refractivity contribution in [3.63, 3.8) is 0 Å². The van der Waals surface area contributed by atoms with E-state index in [1.54, 1.807) is 55.4 Å². The summed E-state index contributed by atoms with van der Waals surface area (Å²) in [5.41, 5.74) is 28.3. The van der Waals surface area contributed by atoms with Crippen LogP contribution in [0.1, 0.15) is 205 Å². The Balaban J connectivity index is 3.79. The number of unbranched alkanes of at least 4 members (excludes halogenated alkanes) is 2. The van der Waals surface area contributed by atoms with E-state index in [-0.39, 0.29) is 120 Å². The molecule has 0 aromatic carbocycles. The zero-order valence-corrected chi connectivity index (χ0v) is 61.8. The number of carbonyl (C=O) groups excluding carboxylic acids is 15. The molecule has 36 nitrogen and oxygen atoms in total. The molecule has 14 atom stereocenters. The van der Waals surface area contributed by atoms with Gasteiger partial charge in [0.05, 0.1) is 6.42 Å². The lowest BCUT2D eigenvalue weighted by atomic mass is 9.94. The fraction of sp³-hybridized carbons (Fsp3) is 0.746. The van der Waals surface area contributed by atoms with Gasteiger partial charge in [-0.1, -0.05) is 88.0 Å². The predicted molar refractivity (Wildman–Crippen MR) is 381 cm³/mol. The average molecular weight is 1460 g/mol. The van der Waals surface area contributed by atoms with Gasteiger partial charge in [0.25, 0.3) is 0 Å². The highest BCUT2D eigenvalue weighted by atomic mass is 16.4. The number of aliphatic carboxylic acids is 1. The van der Waals surface area contributed by atoms with E-state index < -0.39 is 192 Å². The van der Waals surface area contributed by atoms with Gasteiger partial charge in [0.1, 0.15) is 72.5 Å². The van der Waals surface area contributed by atoms with Crippen molar-refractivity contribution >= 4 is 101 Å². The summed E-state index contributed by atoms with van der Waals surface area (Å²) in [6, 6.07) is -16.8. The molecule has 0 aromatic heterocycles. The van der Waals surface area contributed by atoms with Crippen LogP contribution in [0.4, 0.5) is 0 Å². The van der Waals surface area contributed by atoms with Crippen molar-refractivity contribution in [1.82, 2.24) is 69.1 Å². The number of hydrogen-bond acceptors (Lipinski definition) is 18. The van der Waals surface area contributed by atoms with Crippen molar-refractivity contribution in [2.24, 2.45) is 57.3 Å². The van der Waals surface area contributed by atoms with E-state index >= 15 is 0 Å². The number of amides is 15. The van der Waals surface area contributed by atoms with Gasteiger partial charge >= 0.3 is 5.97 Å². The molecular formula is C67H119N19O17. The van der Waals surface area contributed by atoms with Crippen molar-refractivity contribution in [1.29, 1.82) is 0 Å². The third kappa shape index (κ3) is 36.5.